The van der Waals surface area contributed by atoms with E-state index in [2.05, 4.69) is 42.2 Å². The first-order valence-electron chi connectivity index (χ1n) is 4.22. The summed E-state index contributed by atoms with van der Waals surface area (Å²) in [6.07, 6.45) is 1.67. The molecular weight excluding hydrogens is 324 g/mol. The van der Waals surface area contributed by atoms with Crippen LogP contribution >= 0.6 is 31.9 Å². The van der Waals surface area contributed by atoms with Gasteiger partial charge in [0.2, 0.25) is 0 Å². The summed E-state index contributed by atoms with van der Waals surface area (Å²) in [7, 11) is 0. The number of nitrogen functional groups attached to an aromatic ring is 1. The molecule has 0 bridgehead atoms. The zero-order valence-electron chi connectivity index (χ0n) is 7.91. The van der Waals surface area contributed by atoms with Crippen LogP contribution in [0.25, 0.3) is 5.69 Å². The topological polar surface area (TPSA) is 56.7 Å². The summed E-state index contributed by atoms with van der Waals surface area (Å²) in [5, 5.41) is 7.67. The molecule has 0 aliphatic rings. The molecule has 0 saturated carbocycles. The molecule has 15 heavy (non-hydrogen) atoms. The van der Waals surface area contributed by atoms with Gasteiger partial charge in [0.25, 0.3) is 0 Å². The second-order valence-corrected chi connectivity index (χ2v) is 4.87. The summed E-state index contributed by atoms with van der Waals surface area (Å²) < 4.78 is 3.52. The summed E-state index contributed by atoms with van der Waals surface area (Å²) in [4.78, 5) is 0. The van der Waals surface area contributed by atoms with E-state index >= 15 is 0 Å². The number of nitrogens with zero attached hydrogens (tertiary/aromatic N) is 3. The molecule has 0 aliphatic heterocycles. The first-order valence-corrected chi connectivity index (χ1v) is 5.80. The Morgan fingerprint density at radius 2 is 1.87 bits per heavy atom. The van der Waals surface area contributed by atoms with E-state index in [9.17, 15) is 0 Å². The third kappa shape index (κ3) is 2.05. The van der Waals surface area contributed by atoms with Crippen molar-refractivity contribution >= 4 is 37.7 Å². The molecule has 78 valence electrons. The van der Waals surface area contributed by atoms with Gasteiger partial charge in [0, 0.05) is 8.95 Å². The van der Waals surface area contributed by atoms with Crippen LogP contribution < -0.4 is 5.73 Å². The lowest BCUT2D eigenvalue weighted by molar-refractivity contribution is 0.798. The molecule has 1 aromatic heterocycles. The molecule has 0 aliphatic carbocycles. The van der Waals surface area contributed by atoms with Gasteiger partial charge in [-0.15, -0.1) is 5.10 Å². The maximum Gasteiger partial charge on any atom is 0.166 e. The van der Waals surface area contributed by atoms with Crippen LogP contribution in [0, 0.1) is 6.92 Å². The average Bonchev–Trinajstić information content (AvgIpc) is 2.49. The predicted molar refractivity (Wildman–Crippen MR) is 65.9 cm³/mol. The maximum absolute atomic E-state index is 5.52. The summed E-state index contributed by atoms with van der Waals surface area (Å²) in [5.74, 6) is 0.398. The lowest BCUT2D eigenvalue weighted by atomic mass is 10.2. The molecule has 0 amide bonds. The van der Waals surface area contributed by atoms with Crippen LogP contribution in [0.4, 0.5) is 5.82 Å². The molecular formula is C9H8Br2N4. The molecule has 0 spiro atoms. The van der Waals surface area contributed by atoms with E-state index in [0.717, 1.165) is 20.2 Å². The maximum atomic E-state index is 5.52. The van der Waals surface area contributed by atoms with Crippen LogP contribution in [-0.4, -0.2) is 15.0 Å². The molecule has 0 atom stereocenters. The monoisotopic (exact) mass is 330 g/mol. The molecule has 6 heteroatoms. The minimum Gasteiger partial charge on any atom is -0.381 e. The second-order valence-electron chi connectivity index (χ2n) is 3.17. The molecule has 0 saturated heterocycles. The van der Waals surface area contributed by atoms with Crippen LogP contribution in [-0.2, 0) is 0 Å². The van der Waals surface area contributed by atoms with Crippen LogP contribution in [0.1, 0.15) is 5.56 Å². The highest BCUT2D eigenvalue weighted by atomic mass is 79.9. The zero-order chi connectivity index (χ0) is 11.0. The molecule has 2 rings (SSSR count). The van der Waals surface area contributed by atoms with Crippen LogP contribution in [0.2, 0.25) is 0 Å². The van der Waals surface area contributed by atoms with Gasteiger partial charge in [-0.3, -0.25) is 0 Å². The third-order valence-electron chi connectivity index (χ3n) is 1.90. The van der Waals surface area contributed by atoms with Crippen molar-refractivity contribution in [1.82, 2.24) is 15.0 Å². The molecule has 0 unspecified atom stereocenters. The Bertz CT molecular complexity index is 484. The molecule has 4 nitrogen and oxygen atoms in total. The van der Waals surface area contributed by atoms with Crippen LogP contribution in [0.15, 0.2) is 27.3 Å². The first kappa shape index (κ1) is 10.6. The van der Waals surface area contributed by atoms with Crippen molar-refractivity contribution in [2.45, 2.75) is 6.92 Å². The van der Waals surface area contributed by atoms with Gasteiger partial charge in [-0.1, -0.05) is 5.21 Å². The number of halogens is 2. The number of hydrogen-bond acceptors (Lipinski definition) is 3. The Morgan fingerprint density at radius 3 is 2.33 bits per heavy atom. The molecule has 2 aromatic rings. The van der Waals surface area contributed by atoms with Gasteiger partial charge >= 0.3 is 0 Å². The van der Waals surface area contributed by atoms with E-state index in [0.29, 0.717) is 5.82 Å². The number of aromatic nitrogens is 3. The van der Waals surface area contributed by atoms with Gasteiger partial charge in [0.1, 0.15) is 0 Å². The number of nitrogens with two attached hydrogens (primary N) is 1. The van der Waals surface area contributed by atoms with Crippen molar-refractivity contribution in [3.05, 3.63) is 32.8 Å². The normalized spacial score (nSPS) is 10.6. The van der Waals surface area contributed by atoms with Crippen molar-refractivity contribution in [3.63, 3.8) is 0 Å². The van der Waals surface area contributed by atoms with Gasteiger partial charge in [0.15, 0.2) is 5.82 Å². The zero-order valence-corrected chi connectivity index (χ0v) is 11.1. The fourth-order valence-electron chi connectivity index (χ4n) is 1.30. The Kier molecular flexibility index (Phi) is 2.79. The highest BCUT2D eigenvalue weighted by Crippen LogP contribution is 2.30. The number of rotatable bonds is 1. The molecule has 0 fully saturated rings. The minimum absolute atomic E-state index is 0.398. The summed E-state index contributed by atoms with van der Waals surface area (Å²) >= 11 is 6.97. The molecule has 1 aromatic carbocycles. The lowest BCUT2D eigenvalue weighted by Gasteiger charge is -2.07. The van der Waals surface area contributed by atoms with E-state index < -0.39 is 0 Å². The lowest BCUT2D eigenvalue weighted by Crippen LogP contribution is -1.98. The van der Waals surface area contributed by atoms with E-state index in [1.807, 2.05) is 19.1 Å². The van der Waals surface area contributed by atoms with Gasteiger partial charge in [0.05, 0.1) is 11.9 Å². The van der Waals surface area contributed by atoms with Crippen molar-refractivity contribution in [1.29, 1.82) is 0 Å². The van der Waals surface area contributed by atoms with Crippen molar-refractivity contribution in [2.75, 3.05) is 5.73 Å². The highest BCUT2D eigenvalue weighted by Gasteiger charge is 2.09. The van der Waals surface area contributed by atoms with E-state index in [1.165, 1.54) is 0 Å². The molecule has 1 heterocycles. The first-order chi connectivity index (χ1) is 7.08. The Hall–Kier alpha value is -0.880. The summed E-state index contributed by atoms with van der Waals surface area (Å²) in [6.45, 7) is 2.02. The molecule has 0 radical (unpaired) electrons. The Balaban J connectivity index is 2.62. The molecule has 2 N–H and O–H groups in total. The predicted octanol–water partition coefficient (Wildman–Crippen LogP) is 2.68. The van der Waals surface area contributed by atoms with Crippen molar-refractivity contribution in [3.8, 4) is 5.69 Å². The average molecular weight is 332 g/mol. The Morgan fingerprint density at radius 1 is 1.27 bits per heavy atom. The standard InChI is InChI=1S/C9H8Br2N4/c1-5-2-6(10)9(7(11)3-5)15-4-8(12)13-14-15/h2-4H,12H2,1H3. The Labute approximate surface area is 104 Å². The quantitative estimate of drug-likeness (QED) is 0.874. The second kappa shape index (κ2) is 3.94. The minimum atomic E-state index is 0.398. The summed E-state index contributed by atoms with van der Waals surface area (Å²) in [6, 6.07) is 4.02. The van der Waals surface area contributed by atoms with Crippen LogP contribution in [0.5, 0.6) is 0 Å². The van der Waals surface area contributed by atoms with Gasteiger partial charge in [-0.2, -0.15) is 0 Å². The highest BCUT2D eigenvalue weighted by molar-refractivity contribution is 9.11. The number of benzene rings is 1. The van der Waals surface area contributed by atoms with Gasteiger partial charge in [-0.25, -0.2) is 4.68 Å². The number of hydrogen-bond donors (Lipinski definition) is 1. The number of aryl methyl sites for hydroxylation is 1. The van der Waals surface area contributed by atoms with Gasteiger partial charge in [-0.05, 0) is 56.5 Å². The largest absolute Gasteiger partial charge is 0.381 e. The summed E-state index contributed by atoms with van der Waals surface area (Å²) in [5.41, 5.74) is 7.57. The van der Waals surface area contributed by atoms with E-state index in [-0.39, 0.29) is 0 Å². The fourth-order valence-corrected chi connectivity index (χ4v) is 3.08. The van der Waals surface area contributed by atoms with Crippen molar-refractivity contribution in [2.24, 2.45) is 0 Å². The van der Waals surface area contributed by atoms with Crippen LogP contribution in [0.3, 0.4) is 0 Å². The van der Waals surface area contributed by atoms with Crippen molar-refractivity contribution < 1.29 is 0 Å². The number of anilines is 1. The smallest absolute Gasteiger partial charge is 0.166 e. The third-order valence-corrected chi connectivity index (χ3v) is 3.11. The van der Waals surface area contributed by atoms with E-state index in [1.54, 1.807) is 10.9 Å². The van der Waals surface area contributed by atoms with Gasteiger partial charge < -0.3 is 5.73 Å². The SMILES string of the molecule is Cc1cc(Br)c(-n2cc(N)nn2)c(Br)c1. The van der Waals surface area contributed by atoms with E-state index in [4.69, 9.17) is 5.73 Å². The fraction of sp³-hybridized carbons (Fsp3) is 0.111.